The summed E-state index contributed by atoms with van der Waals surface area (Å²) in [5.74, 6) is -0.490. The van der Waals surface area contributed by atoms with E-state index in [1.54, 1.807) is 25.4 Å². The fourth-order valence-electron chi connectivity index (χ4n) is 1.90. The van der Waals surface area contributed by atoms with Crippen LogP contribution in [0, 0.1) is 13.8 Å². The van der Waals surface area contributed by atoms with Gasteiger partial charge in [0.25, 0.3) is 11.5 Å². The molecule has 0 bridgehead atoms. The normalized spacial score (nSPS) is 10.9. The van der Waals surface area contributed by atoms with Gasteiger partial charge in [0.05, 0.1) is 17.1 Å². The zero-order valence-corrected chi connectivity index (χ0v) is 11.6. The van der Waals surface area contributed by atoms with Gasteiger partial charge >= 0.3 is 0 Å². The second-order valence-electron chi connectivity index (χ2n) is 4.30. The van der Waals surface area contributed by atoms with Crippen LogP contribution in [0.1, 0.15) is 21.7 Å². The minimum Gasteiger partial charge on any atom is -0.319 e. The van der Waals surface area contributed by atoms with Gasteiger partial charge in [0, 0.05) is 17.8 Å². The summed E-state index contributed by atoms with van der Waals surface area (Å²) >= 11 is 1.34. The van der Waals surface area contributed by atoms with E-state index in [0.717, 1.165) is 5.69 Å². The number of aryl methyl sites for hydroxylation is 2. The van der Waals surface area contributed by atoms with Crippen LogP contribution >= 0.6 is 11.3 Å². The van der Waals surface area contributed by atoms with Crippen LogP contribution in [0.3, 0.4) is 0 Å². The van der Waals surface area contributed by atoms with Crippen LogP contribution in [-0.2, 0) is 0 Å². The maximum atomic E-state index is 12.2. The van der Waals surface area contributed by atoms with Crippen molar-refractivity contribution in [2.75, 3.05) is 5.32 Å². The number of fused-ring (bicyclic) bond motifs is 1. The molecule has 8 heteroatoms. The largest absolute Gasteiger partial charge is 0.319 e. The number of rotatable bonds is 2. The van der Waals surface area contributed by atoms with E-state index in [4.69, 9.17) is 0 Å². The number of aromatic nitrogens is 4. The van der Waals surface area contributed by atoms with E-state index in [2.05, 4.69) is 20.5 Å². The highest BCUT2D eigenvalue weighted by Crippen LogP contribution is 2.16. The number of nitrogens with zero attached hydrogens (tertiary/aromatic N) is 3. The molecule has 0 aliphatic carbocycles. The van der Waals surface area contributed by atoms with Crippen LogP contribution in [-0.4, -0.2) is 25.5 Å². The average molecular weight is 289 g/mol. The summed E-state index contributed by atoms with van der Waals surface area (Å²) in [6, 6.07) is 0. The molecule has 0 fully saturated rings. The summed E-state index contributed by atoms with van der Waals surface area (Å²) in [5, 5.41) is 11.2. The van der Waals surface area contributed by atoms with E-state index in [0.29, 0.717) is 16.3 Å². The Morgan fingerprint density at radius 2 is 2.25 bits per heavy atom. The Balaban J connectivity index is 2.01. The van der Waals surface area contributed by atoms with Crippen LogP contribution in [0.5, 0.6) is 0 Å². The number of nitrogens with one attached hydrogen (secondary N) is 2. The molecule has 0 atom stereocenters. The van der Waals surface area contributed by atoms with E-state index >= 15 is 0 Å². The lowest BCUT2D eigenvalue weighted by Crippen LogP contribution is -2.26. The molecule has 0 saturated heterocycles. The van der Waals surface area contributed by atoms with E-state index in [-0.39, 0.29) is 11.1 Å². The van der Waals surface area contributed by atoms with Gasteiger partial charge in [0.1, 0.15) is 5.56 Å². The van der Waals surface area contributed by atoms with Gasteiger partial charge in [-0.2, -0.15) is 5.10 Å². The second kappa shape index (κ2) is 4.57. The predicted octanol–water partition coefficient (Wildman–Crippen LogP) is 1.35. The average Bonchev–Trinajstić information content (AvgIpc) is 3.01. The van der Waals surface area contributed by atoms with Crippen molar-refractivity contribution in [3.63, 3.8) is 0 Å². The van der Waals surface area contributed by atoms with Crippen molar-refractivity contribution in [2.45, 2.75) is 13.8 Å². The molecular formula is C12H11N5O2S. The lowest BCUT2D eigenvalue weighted by molar-refractivity contribution is 0.102. The summed E-state index contributed by atoms with van der Waals surface area (Å²) in [6.45, 7) is 3.56. The molecule has 0 aliphatic rings. The first-order valence-electron chi connectivity index (χ1n) is 5.85. The molecule has 3 aromatic rings. The molecule has 7 nitrogen and oxygen atoms in total. The molecule has 3 rings (SSSR count). The molecule has 0 radical (unpaired) electrons. The van der Waals surface area contributed by atoms with Crippen LogP contribution in [0.2, 0.25) is 0 Å². The number of hydrogen-bond donors (Lipinski definition) is 2. The minimum atomic E-state index is -0.490. The van der Waals surface area contributed by atoms with Crippen LogP contribution in [0.4, 0.5) is 5.69 Å². The molecule has 3 aromatic heterocycles. The molecule has 0 spiro atoms. The Hall–Kier alpha value is -2.48. The summed E-state index contributed by atoms with van der Waals surface area (Å²) in [6.07, 6.45) is 2.90. The van der Waals surface area contributed by atoms with Gasteiger partial charge in [-0.3, -0.25) is 19.1 Å². The highest BCUT2D eigenvalue weighted by molar-refractivity contribution is 7.15. The molecule has 0 saturated carbocycles. The molecule has 0 aliphatic heterocycles. The zero-order valence-electron chi connectivity index (χ0n) is 10.8. The van der Waals surface area contributed by atoms with Crippen molar-refractivity contribution in [3.8, 4) is 0 Å². The zero-order chi connectivity index (χ0) is 14.3. The van der Waals surface area contributed by atoms with Crippen molar-refractivity contribution in [3.05, 3.63) is 45.1 Å². The first-order valence-corrected chi connectivity index (χ1v) is 6.73. The van der Waals surface area contributed by atoms with Crippen molar-refractivity contribution in [2.24, 2.45) is 0 Å². The van der Waals surface area contributed by atoms with Gasteiger partial charge in [0.2, 0.25) is 0 Å². The highest BCUT2D eigenvalue weighted by Gasteiger charge is 2.16. The molecule has 102 valence electrons. The number of amides is 1. The number of anilines is 1. The highest BCUT2D eigenvalue weighted by atomic mass is 32.1. The maximum absolute atomic E-state index is 12.2. The van der Waals surface area contributed by atoms with Crippen LogP contribution < -0.4 is 10.9 Å². The summed E-state index contributed by atoms with van der Waals surface area (Å²) in [5.41, 5.74) is 1.61. The number of carbonyl (C=O) groups excluding carboxylic acids is 1. The van der Waals surface area contributed by atoms with Gasteiger partial charge in [-0.15, -0.1) is 11.3 Å². The molecule has 3 heterocycles. The molecule has 1 amide bonds. The SMILES string of the molecule is Cc1n[nH]c(C)c1NC(=O)c1cnc2sccn2c1=O. The number of carbonyl (C=O) groups is 1. The minimum absolute atomic E-state index is 0.000833. The number of H-pyrrole nitrogens is 1. The predicted molar refractivity (Wildman–Crippen MR) is 75.4 cm³/mol. The fourth-order valence-corrected chi connectivity index (χ4v) is 2.57. The van der Waals surface area contributed by atoms with Crippen molar-refractivity contribution in [1.29, 1.82) is 0 Å². The van der Waals surface area contributed by atoms with Gasteiger partial charge in [-0.1, -0.05) is 0 Å². The first kappa shape index (κ1) is 12.5. The quantitative estimate of drug-likeness (QED) is 0.744. The first-order chi connectivity index (χ1) is 9.58. The Bertz CT molecular complexity index is 841. The Morgan fingerprint density at radius 3 is 2.95 bits per heavy atom. The smallest absolute Gasteiger partial charge is 0.271 e. The summed E-state index contributed by atoms with van der Waals surface area (Å²) in [4.78, 5) is 29.0. The summed E-state index contributed by atoms with van der Waals surface area (Å²) in [7, 11) is 0. The van der Waals surface area contributed by atoms with Crippen molar-refractivity contribution >= 4 is 27.9 Å². The third-order valence-corrected chi connectivity index (χ3v) is 3.72. The van der Waals surface area contributed by atoms with Crippen molar-refractivity contribution < 1.29 is 4.79 Å². The molecule has 20 heavy (non-hydrogen) atoms. The van der Waals surface area contributed by atoms with Gasteiger partial charge in [-0.25, -0.2) is 4.98 Å². The van der Waals surface area contributed by atoms with Gasteiger partial charge in [-0.05, 0) is 13.8 Å². The van der Waals surface area contributed by atoms with E-state index in [9.17, 15) is 9.59 Å². The Labute approximate surface area is 117 Å². The lowest BCUT2D eigenvalue weighted by Gasteiger charge is -2.04. The lowest BCUT2D eigenvalue weighted by atomic mass is 10.2. The van der Waals surface area contributed by atoms with E-state index in [1.807, 2.05) is 0 Å². The number of hydrogen-bond acceptors (Lipinski definition) is 5. The second-order valence-corrected chi connectivity index (χ2v) is 5.17. The molecule has 0 unspecified atom stereocenters. The fraction of sp³-hybridized carbons (Fsp3) is 0.167. The Morgan fingerprint density at radius 1 is 1.45 bits per heavy atom. The number of aromatic amines is 1. The van der Waals surface area contributed by atoms with Crippen LogP contribution in [0.25, 0.3) is 4.96 Å². The monoisotopic (exact) mass is 289 g/mol. The van der Waals surface area contributed by atoms with Gasteiger partial charge < -0.3 is 5.32 Å². The molecule has 2 N–H and O–H groups in total. The maximum Gasteiger partial charge on any atom is 0.271 e. The topological polar surface area (TPSA) is 92.2 Å². The van der Waals surface area contributed by atoms with Gasteiger partial charge in [0.15, 0.2) is 4.96 Å². The van der Waals surface area contributed by atoms with Crippen molar-refractivity contribution in [1.82, 2.24) is 19.6 Å². The molecule has 0 aromatic carbocycles. The standard InChI is InChI=1S/C12H11N5O2S/c1-6-9(7(2)16-15-6)14-10(18)8-5-13-12-17(11(8)19)3-4-20-12/h3-5H,1-2H3,(H,14,18)(H,15,16). The Kier molecular flexibility index (Phi) is 2.87. The molecular weight excluding hydrogens is 278 g/mol. The third kappa shape index (κ3) is 1.90. The number of thiazole rings is 1. The van der Waals surface area contributed by atoms with Crippen LogP contribution in [0.15, 0.2) is 22.6 Å². The van der Waals surface area contributed by atoms with E-state index < -0.39 is 5.91 Å². The van der Waals surface area contributed by atoms with E-state index in [1.165, 1.54) is 21.9 Å². The third-order valence-electron chi connectivity index (χ3n) is 2.95. The summed E-state index contributed by atoms with van der Waals surface area (Å²) < 4.78 is 1.36.